The van der Waals surface area contributed by atoms with Gasteiger partial charge in [0.05, 0.1) is 29.1 Å². The van der Waals surface area contributed by atoms with Crippen LogP contribution in [0.1, 0.15) is 19.8 Å². The Balaban J connectivity index is 1.70. The van der Waals surface area contributed by atoms with E-state index in [1.807, 2.05) is 6.92 Å². The number of fused-ring (bicyclic) bond motifs is 1. The van der Waals surface area contributed by atoms with E-state index in [2.05, 4.69) is 10.6 Å². The van der Waals surface area contributed by atoms with Gasteiger partial charge in [-0.15, -0.1) is 11.8 Å². The number of anilines is 2. The van der Waals surface area contributed by atoms with Crippen LogP contribution in [0.15, 0.2) is 52.3 Å². The second-order valence-corrected chi connectivity index (χ2v) is 10.2. The molecule has 0 spiro atoms. The highest BCUT2D eigenvalue weighted by atomic mass is 32.2. The summed E-state index contributed by atoms with van der Waals surface area (Å²) in [6.45, 7) is 1.95. The van der Waals surface area contributed by atoms with Gasteiger partial charge in [-0.2, -0.15) is 0 Å². The number of para-hydroxylation sites is 2. The molecule has 154 valence electrons. The summed E-state index contributed by atoms with van der Waals surface area (Å²) < 4.78 is 30.6. The summed E-state index contributed by atoms with van der Waals surface area (Å²) in [7, 11) is -2.20. The fourth-order valence-corrected chi connectivity index (χ4v) is 5.24. The van der Waals surface area contributed by atoms with E-state index in [0.717, 1.165) is 4.90 Å². The first-order valence-electron chi connectivity index (χ1n) is 9.04. The molecule has 0 saturated heterocycles. The van der Waals surface area contributed by atoms with Gasteiger partial charge in [0.15, 0.2) is 9.84 Å². The monoisotopic (exact) mass is 434 g/mol. The summed E-state index contributed by atoms with van der Waals surface area (Å²) in [5, 5.41) is 5.53. The lowest BCUT2D eigenvalue weighted by molar-refractivity contribution is -0.116. The Morgan fingerprint density at radius 2 is 2.03 bits per heavy atom. The van der Waals surface area contributed by atoms with Crippen molar-refractivity contribution in [3.63, 3.8) is 0 Å². The van der Waals surface area contributed by atoms with E-state index in [1.54, 1.807) is 30.3 Å². The number of hydrogen-bond acceptors (Lipinski definition) is 6. The summed E-state index contributed by atoms with van der Waals surface area (Å²) >= 11 is 1.52. The molecule has 0 bridgehead atoms. The molecule has 2 amide bonds. The van der Waals surface area contributed by atoms with Gasteiger partial charge in [0.2, 0.25) is 11.8 Å². The Morgan fingerprint density at radius 1 is 1.28 bits per heavy atom. The second-order valence-electron chi connectivity index (χ2n) is 6.66. The molecule has 2 N–H and O–H groups in total. The maximum absolute atomic E-state index is 12.7. The van der Waals surface area contributed by atoms with Gasteiger partial charge in [-0.05, 0) is 30.3 Å². The summed E-state index contributed by atoms with van der Waals surface area (Å²) in [5.41, 5.74) is 0.972. The van der Waals surface area contributed by atoms with Crippen molar-refractivity contribution in [1.82, 2.24) is 0 Å². The standard InChI is InChI=1S/C20H22N2O5S2/c1-13-11-20(24)22-16-12-14(7-8-18(16)28-13)29(25,26)10-9-19(23)21-15-5-3-4-6-17(15)27-2/h3-8,12-13H,9-11H2,1-2H3,(H,21,23)(H,22,24)/t13-/m1/s1. The van der Waals surface area contributed by atoms with Crippen molar-refractivity contribution in [2.45, 2.75) is 34.8 Å². The van der Waals surface area contributed by atoms with E-state index in [9.17, 15) is 18.0 Å². The van der Waals surface area contributed by atoms with Crippen molar-refractivity contribution in [3.8, 4) is 5.75 Å². The molecule has 29 heavy (non-hydrogen) atoms. The van der Waals surface area contributed by atoms with E-state index < -0.39 is 15.7 Å². The number of thioether (sulfide) groups is 1. The van der Waals surface area contributed by atoms with Crippen molar-refractivity contribution >= 4 is 44.8 Å². The molecule has 9 heteroatoms. The quantitative estimate of drug-likeness (QED) is 0.723. The van der Waals surface area contributed by atoms with Crippen LogP contribution in [0.2, 0.25) is 0 Å². The van der Waals surface area contributed by atoms with Crippen LogP contribution < -0.4 is 15.4 Å². The van der Waals surface area contributed by atoms with E-state index in [-0.39, 0.29) is 28.2 Å². The van der Waals surface area contributed by atoms with Crippen molar-refractivity contribution in [1.29, 1.82) is 0 Å². The number of rotatable bonds is 6. The maximum atomic E-state index is 12.7. The Kier molecular flexibility index (Phi) is 6.49. The van der Waals surface area contributed by atoms with Crippen LogP contribution in [0.4, 0.5) is 11.4 Å². The van der Waals surface area contributed by atoms with Crippen molar-refractivity contribution in [3.05, 3.63) is 42.5 Å². The van der Waals surface area contributed by atoms with Crippen LogP contribution in [-0.2, 0) is 19.4 Å². The predicted octanol–water partition coefficient (Wildman–Crippen LogP) is 3.32. The Morgan fingerprint density at radius 3 is 2.79 bits per heavy atom. The number of carbonyl (C=O) groups is 2. The molecule has 1 heterocycles. The molecule has 2 aromatic rings. The first-order chi connectivity index (χ1) is 13.8. The van der Waals surface area contributed by atoms with Gasteiger partial charge in [-0.25, -0.2) is 8.42 Å². The number of carbonyl (C=O) groups excluding carboxylic acids is 2. The lowest BCUT2D eigenvalue weighted by atomic mass is 10.3. The number of hydrogen-bond donors (Lipinski definition) is 2. The lowest BCUT2D eigenvalue weighted by Gasteiger charge is -2.11. The summed E-state index contributed by atoms with van der Waals surface area (Å²) in [5.74, 6) is -0.415. The number of amides is 2. The highest BCUT2D eigenvalue weighted by Gasteiger charge is 2.23. The number of benzene rings is 2. The van der Waals surface area contributed by atoms with Gasteiger partial charge in [0, 0.05) is 23.0 Å². The number of sulfone groups is 1. The fraction of sp³-hybridized carbons (Fsp3) is 0.300. The zero-order valence-electron chi connectivity index (χ0n) is 16.1. The van der Waals surface area contributed by atoms with E-state index >= 15 is 0 Å². The molecular weight excluding hydrogens is 412 g/mol. The summed E-state index contributed by atoms with van der Waals surface area (Å²) in [6.07, 6.45) is 0.167. The van der Waals surface area contributed by atoms with Gasteiger partial charge in [0.1, 0.15) is 5.75 Å². The highest BCUT2D eigenvalue weighted by molar-refractivity contribution is 8.00. The second kappa shape index (κ2) is 8.87. The molecule has 7 nitrogen and oxygen atoms in total. The van der Waals surface area contributed by atoms with Crippen molar-refractivity contribution in [2.24, 2.45) is 0 Å². The van der Waals surface area contributed by atoms with Gasteiger partial charge >= 0.3 is 0 Å². The molecule has 0 saturated carbocycles. The van der Waals surface area contributed by atoms with Crippen molar-refractivity contribution < 1.29 is 22.7 Å². The first kappa shape index (κ1) is 21.2. The molecule has 0 aliphatic carbocycles. The number of methoxy groups -OCH3 is 1. The van der Waals surface area contributed by atoms with E-state index in [1.165, 1.54) is 31.0 Å². The molecular formula is C20H22N2O5S2. The Hall–Kier alpha value is -2.52. The Labute approximate surface area is 174 Å². The third-order valence-electron chi connectivity index (χ3n) is 4.36. The number of nitrogens with one attached hydrogen (secondary N) is 2. The Bertz CT molecular complexity index is 1040. The normalized spacial score (nSPS) is 16.3. The molecule has 2 aromatic carbocycles. The zero-order valence-corrected chi connectivity index (χ0v) is 17.7. The molecule has 0 fully saturated rings. The van der Waals surface area contributed by atoms with E-state index in [4.69, 9.17) is 4.74 Å². The van der Waals surface area contributed by atoms with Crippen LogP contribution in [0.25, 0.3) is 0 Å². The minimum absolute atomic E-state index is 0.0804. The zero-order chi connectivity index (χ0) is 21.0. The largest absolute Gasteiger partial charge is 0.495 e. The highest BCUT2D eigenvalue weighted by Crippen LogP contribution is 2.36. The number of ether oxygens (including phenoxy) is 1. The topological polar surface area (TPSA) is 102 Å². The SMILES string of the molecule is COc1ccccc1NC(=O)CCS(=O)(=O)c1ccc2c(c1)NC(=O)C[C@@H](C)S2. The van der Waals surface area contributed by atoms with Gasteiger partial charge in [-0.3, -0.25) is 9.59 Å². The third kappa shape index (κ3) is 5.30. The van der Waals surface area contributed by atoms with Crippen LogP contribution in [0.3, 0.4) is 0 Å². The van der Waals surface area contributed by atoms with Gasteiger partial charge in [0.25, 0.3) is 0 Å². The summed E-state index contributed by atoms with van der Waals surface area (Å²) in [6, 6.07) is 11.6. The van der Waals surface area contributed by atoms with Crippen LogP contribution in [0, 0.1) is 0 Å². The first-order valence-corrected chi connectivity index (χ1v) is 11.6. The van der Waals surface area contributed by atoms with Gasteiger partial charge < -0.3 is 15.4 Å². The average molecular weight is 435 g/mol. The van der Waals surface area contributed by atoms with Crippen LogP contribution >= 0.6 is 11.8 Å². The minimum atomic E-state index is -3.69. The van der Waals surface area contributed by atoms with Crippen molar-refractivity contribution in [2.75, 3.05) is 23.5 Å². The lowest BCUT2D eigenvalue weighted by Crippen LogP contribution is -2.18. The maximum Gasteiger partial charge on any atom is 0.225 e. The molecule has 1 atom stereocenters. The van der Waals surface area contributed by atoms with E-state index in [0.29, 0.717) is 23.5 Å². The van der Waals surface area contributed by atoms with Crippen LogP contribution in [-0.4, -0.2) is 38.3 Å². The minimum Gasteiger partial charge on any atom is -0.495 e. The molecule has 1 aliphatic heterocycles. The molecule has 0 unspecified atom stereocenters. The molecule has 1 aliphatic rings. The fourth-order valence-electron chi connectivity index (χ4n) is 2.93. The third-order valence-corrected chi connectivity index (χ3v) is 7.26. The van der Waals surface area contributed by atoms with Crippen LogP contribution in [0.5, 0.6) is 5.75 Å². The molecule has 3 rings (SSSR count). The molecule has 0 aromatic heterocycles. The van der Waals surface area contributed by atoms with Gasteiger partial charge in [-0.1, -0.05) is 19.1 Å². The average Bonchev–Trinajstić information content (AvgIpc) is 2.82. The predicted molar refractivity (Wildman–Crippen MR) is 113 cm³/mol. The summed E-state index contributed by atoms with van der Waals surface area (Å²) in [4.78, 5) is 25.1. The smallest absolute Gasteiger partial charge is 0.225 e. The molecule has 0 radical (unpaired) electrons.